The van der Waals surface area contributed by atoms with E-state index < -0.39 is 18.3 Å². The molecule has 0 amide bonds. The Labute approximate surface area is 97.3 Å². The van der Waals surface area contributed by atoms with Crippen LogP contribution in [-0.4, -0.2) is 26.9 Å². The second kappa shape index (κ2) is 4.93. The third kappa shape index (κ3) is 2.23. The Morgan fingerprint density at radius 2 is 1.76 bits per heavy atom. The van der Waals surface area contributed by atoms with E-state index in [1.54, 1.807) is 6.07 Å². The van der Waals surface area contributed by atoms with Crippen LogP contribution in [0.4, 0.5) is 13.2 Å². The zero-order valence-electron chi connectivity index (χ0n) is 9.54. The van der Waals surface area contributed by atoms with E-state index in [1.807, 2.05) is 0 Å². The molecule has 1 aromatic rings. The number of rotatable bonds is 4. The molecule has 1 rings (SSSR count). The molecule has 0 saturated carbocycles. The summed E-state index contributed by atoms with van der Waals surface area (Å²) in [7, 11) is 2.28. The van der Waals surface area contributed by atoms with E-state index in [4.69, 9.17) is 10.5 Å². The highest BCUT2D eigenvalue weighted by Gasteiger charge is 2.57. The van der Waals surface area contributed by atoms with Gasteiger partial charge in [-0.1, -0.05) is 18.2 Å². The molecule has 0 heterocycles. The number of halogens is 3. The maximum Gasteiger partial charge on any atom is 0.423 e. The number of benzene rings is 1. The highest BCUT2D eigenvalue weighted by atomic mass is 19.4. The summed E-state index contributed by atoms with van der Waals surface area (Å²) in [6.45, 7) is -0.715. The van der Waals surface area contributed by atoms with Gasteiger partial charge in [-0.15, -0.1) is 0 Å². The number of methoxy groups -OCH3 is 2. The Morgan fingerprint density at radius 1 is 1.18 bits per heavy atom. The first kappa shape index (κ1) is 13.8. The van der Waals surface area contributed by atoms with E-state index in [0.29, 0.717) is 0 Å². The number of hydrogen-bond donors (Lipinski definition) is 1. The standard InChI is InChI=1S/C11H14F3NO2/c1-16-9-6-4-3-5-8(9)10(7-15,17-2)11(12,13)14/h3-6H,7,15H2,1-2H3. The van der Waals surface area contributed by atoms with Gasteiger partial charge in [0.25, 0.3) is 0 Å². The molecule has 0 aliphatic heterocycles. The van der Waals surface area contributed by atoms with Crippen LogP contribution >= 0.6 is 0 Å². The van der Waals surface area contributed by atoms with E-state index in [9.17, 15) is 13.2 Å². The normalized spacial score (nSPS) is 15.4. The molecule has 0 aliphatic carbocycles. The SMILES string of the molecule is COc1ccccc1C(CN)(OC)C(F)(F)F. The van der Waals surface area contributed by atoms with Gasteiger partial charge in [-0.25, -0.2) is 0 Å². The Balaban J connectivity index is 3.42. The summed E-state index contributed by atoms with van der Waals surface area (Å²) in [5, 5.41) is 0. The average Bonchev–Trinajstić information content (AvgIpc) is 2.30. The smallest absolute Gasteiger partial charge is 0.423 e. The minimum Gasteiger partial charge on any atom is -0.496 e. The Bertz CT molecular complexity index is 375. The fraction of sp³-hybridized carbons (Fsp3) is 0.455. The molecule has 0 radical (unpaired) electrons. The summed E-state index contributed by atoms with van der Waals surface area (Å²) >= 11 is 0. The summed E-state index contributed by atoms with van der Waals surface area (Å²) < 4.78 is 48.9. The van der Waals surface area contributed by atoms with Crippen LogP contribution in [0.1, 0.15) is 5.56 Å². The second-order valence-corrected chi connectivity index (χ2v) is 3.43. The van der Waals surface area contributed by atoms with Gasteiger partial charge in [0.05, 0.1) is 7.11 Å². The molecule has 3 nitrogen and oxygen atoms in total. The molecule has 0 fully saturated rings. The maximum absolute atomic E-state index is 13.1. The number of para-hydroxylation sites is 1. The quantitative estimate of drug-likeness (QED) is 0.888. The van der Waals surface area contributed by atoms with E-state index in [1.165, 1.54) is 25.3 Å². The van der Waals surface area contributed by atoms with Gasteiger partial charge in [-0.2, -0.15) is 13.2 Å². The van der Waals surface area contributed by atoms with Crippen molar-refractivity contribution in [3.63, 3.8) is 0 Å². The van der Waals surface area contributed by atoms with E-state index in [-0.39, 0.29) is 11.3 Å². The zero-order chi connectivity index (χ0) is 13.1. The number of hydrogen-bond acceptors (Lipinski definition) is 3. The average molecular weight is 249 g/mol. The van der Waals surface area contributed by atoms with E-state index >= 15 is 0 Å². The predicted molar refractivity (Wildman–Crippen MR) is 56.8 cm³/mol. The summed E-state index contributed by atoms with van der Waals surface area (Å²) in [5.41, 5.74) is 2.59. The van der Waals surface area contributed by atoms with Crippen LogP contribution in [0, 0.1) is 0 Å². The van der Waals surface area contributed by atoms with Gasteiger partial charge in [0.1, 0.15) is 5.75 Å². The van der Waals surface area contributed by atoms with Crippen LogP contribution in [-0.2, 0) is 10.3 Å². The summed E-state index contributed by atoms with van der Waals surface area (Å²) in [6.07, 6.45) is -4.62. The van der Waals surface area contributed by atoms with Crippen molar-refractivity contribution in [3.8, 4) is 5.75 Å². The lowest BCUT2D eigenvalue weighted by atomic mass is 9.92. The Hall–Kier alpha value is -1.27. The van der Waals surface area contributed by atoms with Crippen LogP contribution < -0.4 is 10.5 Å². The van der Waals surface area contributed by atoms with Gasteiger partial charge in [0.15, 0.2) is 0 Å². The number of nitrogens with two attached hydrogens (primary N) is 1. The Morgan fingerprint density at radius 3 is 2.18 bits per heavy atom. The van der Waals surface area contributed by atoms with Crippen LogP contribution in [0.2, 0.25) is 0 Å². The molecule has 0 bridgehead atoms. The monoisotopic (exact) mass is 249 g/mol. The van der Waals surface area contributed by atoms with Crippen LogP contribution in [0.5, 0.6) is 5.75 Å². The summed E-state index contributed by atoms with van der Waals surface area (Å²) in [5.74, 6) is 0.0946. The van der Waals surface area contributed by atoms with E-state index in [0.717, 1.165) is 7.11 Å². The molecule has 96 valence electrons. The molecule has 1 unspecified atom stereocenters. The fourth-order valence-corrected chi connectivity index (χ4v) is 1.67. The largest absolute Gasteiger partial charge is 0.496 e. The predicted octanol–water partition coefficient (Wildman–Crippen LogP) is 2.06. The molecule has 1 atom stereocenters. The van der Waals surface area contributed by atoms with Crippen molar-refractivity contribution >= 4 is 0 Å². The molecule has 1 aromatic carbocycles. The van der Waals surface area contributed by atoms with Crippen molar-refractivity contribution in [1.29, 1.82) is 0 Å². The fourth-order valence-electron chi connectivity index (χ4n) is 1.67. The molecular weight excluding hydrogens is 235 g/mol. The molecule has 0 saturated heterocycles. The van der Waals surface area contributed by atoms with Gasteiger partial charge >= 0.3 is 6.18 Å². The van der Waals surface area contributed by atoms with Gasteiger partial charge in [-0.3, -0.25) is 0 Å². The number of ether oxygens (including phenoxy) is 2. The summed E-state index contributed by atoms with van der Waals surface area (Å²) in [4.78, 5) is 0. The van der Waals surface area contributed by atoms with Crippen LogP contribution in [0.15, 0.2) is 24.3 Å². The number of alkyl halides is 3. The first-order valence-corrected chi connectivity index (χ1v) is 4.88. The third-order valence-corrected chi connectivity index (χ3v) is 2.64. The molecule has 2 N–H and O–H groups in total. The maximum atomic E-state index is 13.1. The lowest BCUT2D eigenvalue weighted by Gasteiger charge is -2.34. The minimum atomic E-state index is -4.62. The lowest BCUT2D eigenvalue weighted by Crippen LogP contribution is -2.50. The first-order valence-electron chi connectivity index (χ1n) is 4.88. The molecular formula is C11H14F3NO2. The van der Waals surface area contributed by atoms with E-state index in [2.05, 4.69) is 4.74 Å². The topological polar surface area (TPSA) is 44.5 Å². The van der Waals surface area contributed by atoms with Crippen LogP contribution in [0.3, 0.4) is 0 Å². The highest BCUT2D eigenvalue weighted by Crippen LogP contribution is 2.44. The highest BCUT2D eigenvalue weighted by molar-refractivity contribution is 5.39. The van der Waals surface area contributed by atoms with Crippen molar-refractivity contribution in [3.05, 3.63) is 29.8 Å². The molecule has 17 heavy (non-hydrogen) atoms. The third-order valence-electron chi connectivity index (χ3n) is 2.64. The van der Waals surface area contributed by atoms with Crippen molar-refractivity contribution in [2.75, 3.05) is 20.8 Å². The van der Waals surface area contributed by atoms with Crippen molar-refractivity contribution in [2.45, 2.75) is 11.8 Å². The summed E-state index contributed by atoms with van der Waals surface area (Å²) in [6, 6.07) is 5.79. The minimum absolute atomic E-state index is 0.0946. The lowest BCUT2D eigenvalue weighted by molar-refractivity contribution is -0.272. The van der Waals surface area contributed by atoms with Gasteiger partial charge in [-0.05, 0) is 6.07 Å². The second-order valence-electron chi connectivity index (χ2n) is 3.43. The van der Waals surface area contributed by atoms with Gasteiger partial charge in [0, 0.05) is 19.2 Å². The molecule has 0 aromatic heterocycles. The van der Waals surface area contributed by atoms with Crippen LogP contribution in [0.25, 0.3) is 0 Å². The van der Waals surface area contributed by atoms with Gasteiger partial charge in [0.2, 0.25) is 5.60 Å². The molecule has 0 aliphatic rings. The Kier molecular flexibility index (Phi) is 4.00. The molecule has 6 heteroatoms. The van der Waals surface area contributed by atoms with Gasteiger partial charge < -0.3 is 15.2 Å². The molecule has 0 spiro atoms. The first-order chi connectivity index (χ1) is 7.93. The van der Waals surface area contributed by atoms with Crippen molar-refractivity contribution in [1.82, 2.24) is 0 Å². The van der Waals surface area contributed by atoms with Crippen molar-refractivity contribution < 1.29 is 22.6 Å². The zero-order valence-corrected chi connectivity index (χ0v) is 9.54. The van der Waals surface area contributed by atoms with Crippen molar-refractivity contribution in [2.24, 2.45) is 5.73 Å².